The Bertz CT molecular complexity index is 821. The number of carbonyl (C=O) groups excluding carboxylic acids is 2. The molecule has 2 aromatic rings. The van der Waals surface area contributed by atoms with Crippen LogP contribution in [0.5, 0.6) is 0 Å². The van der Waals surface area contributed by atoms with Crippen molar-refractivity contribution in [1.82, 2.24) is 15.1 Å². The van der Waals surface area contributed by atoms with Gasteiger partial charge >= 0.3 is 0 Å². The fourth-order valence-electron chi connectivity index (χ4n) is 4.20. The fraction of sp³-hybridized carbons (Fsp3) is 0.455. The molecule has 148 valence electrons. The third kappa shape index (κ3) is 4.45. The van der Waals surface area contributed by atoms with Gasteiger partial charge in [0, 0.05) is 37.6 Å². The van der Waals surface area contributed by atoms with Crippen LogP contribution in [0.3, 0.4) is 0 Å². The summed E-state index contributed by atoms with van der Waals surface area (Å²) in [5.74, 6) is 0.0576. The van der Waals surface area contributed by atoms with Crippen LogP contribution in [0.4, 0.5) is 0 Å². The molecule has 0 aliphatic carbocycles. The molecule has 4 rings (SSSR count). The lowest BCUT2D eigenvalue weighted by Crippen LogP contribution is -2.48. The van der Waals surface area contributed by atoms with Crippen molar-refractivity contribution in [3.8, 4) is 0 Å². The van der Waals surface area contributed by atoms with Gasteiger partial charge in [-0.1, -0.05) is 30.3 Å². The number of nitrogens with one attached hydrogen (secondary N) is 1. The van der Waals surface area contributed by atoms with E-state index in [4.69, 9.17) is 0 Å². The van der Waals surface area contributed by atoms with Crippen molar-refractivity contribution in [3.63, 3.8) is 0 Å². The van der Waals surface area contributed by atoms with E-state index in [-0.39, 0.29) is 17.9 Å². The maximum Gasteiger partial charge on any atom is 0.242 e. The van der Waals surface area contributed by atoms with Crippen molar-refractivity contribution in [2.75, 3.05) is 26.2 Å². The van der Waals surface area contributed by atoms with E-state index < -0.39 is 0 Å². The van der Waals surface area contributed by atoms with Crippen LogP contribution in [0.1, 0.15) is 28.8 Å². The Kier molecular flexibility index (Phi) is 6.07. The predicted molar refractivity (Wildman–Crippen MR) is 111 cm³/mol. The van der Waals surface area contributed by atoms with Crippen molar-refractivity contribution < 1.29 is 9.59 Å². The molecule has 6 heteroatoms. The number of benzene rings is 1. The lowest BCUT2D eigenvalue weighted by Gasteiger charge is -2.29. The first-order valence-corrected chi connectivity index (χ1v) is 11.0. The third-order valence-electron chi connectivity index (χ3n) is 5.72. The molecule has 2 amide bonds. The lowest BCUT2D eigenvalue weighted by atomic mass is 10.00. The SMILES string of the molecule is O=C(NCCN1CCc2ccccc2C1)C1CCCN1C(=O)Cc1cccs1. The van der Waals surface area contributed by atoms with Crippen LogP contribution in [0, 0.1) is 0 Å². The van der Waals surface area contributed by atoms with Crippen molar-refractivity contribution in [2.24, 2.45) is 0 Å². The Balaban J connectivity index is 1.25. The summed E-state index contributed by atoms with van der Waals surface area (Å²) in [6.45, 7) is 4.13. The minimum absolute atomic E-state index is 0.00515. The number of likely N-dealkylation sites (tertiary alicyclic amines) is 1. The number of hydrogen-bond acceptors (Lipinski definition) is 4. The van der Waals surface area contributed by atoms with Gasteiger partial charge < -0.3 is 10.2 Å². The van der Waals surface area contributed by atoms with Crippen LogP contribution in [0.15, 0.2) is 41.8 Å². The second-order valence-corrected chi connectivity index (χ2v) is 8.62. The lowest BCUT2D eigenvalue weighted by molar-refractivity contribution is -0.137. The highest BCUT2D eigenvalue weighted by Gasteiger charge is 2.33. The molecule has 1 fully saturated rings. The summed E-state index contributed by atoms with van der Waals surface area (Å²) in [7, 11) is 0. The maximum absolute atomic E-state index is 12.7. The molecule has 1 aromatic carbocycles. The molecule has 0 saturated carbocycles. The number of amides is 2. The number of carbonyl (C=O) groups is 2. The van der Waals surface area contributed by atoms with Gasteiger partial charge in [0.1, 0.15) is 6.04 Å². The Morgan fingerprint density at radius 2 is 1.96 bits per heavy atom. The van der Waals surface area contributed by atoms with Gasteiger partial charge in [-0.25, -0.2) is 0 Å². The van der Waals surface area contributed by atoms with Gasteiger partial charge in [0.05, 0.1) is 6.42 Å². The van der Waals surface area contributed by atoms with Crippen LogP contribution < -0.4 is 5.32 Å². The zero-order valence-electron chi connectivity index (χ0n) is 16.1. The molecule has 3 heterocycles. The second-order valence-electron chi connectivity index (χ2n) is 7.59. The van der Waals surface area contributed by atoms with Crippen LogP contribution in [-0.4, -0.2) is 53.8 Å². The summed E-state index contributed by atoms with van der Waals surface area (Å²) in [6, 6.07) is 12.2. The summed E-state index contributed by atoms with van der Waals surface area (Å²) in [5.41, 5.74) is 2.83. The maximum atomic E-state index is 12.7. The molecule has 0 radical (unpaired) electrons. The number of rotatable bonds is 6. The molecule has 5 nitrogen and oxygen atoms in total. The molecule has 1 unspecified atom stereocenters. The number of nitrogens with zero attached hydrogens (tertiary/aromatic N) is 2. The van der Waals surface area contributed by atoms with E-state index in [0.717, 1.165) is 43.8 Å². The van der Waals surface area contributed by atoms with Crippen molar-refractivity contribution >= 4 is 23.2 Å². The Morgan fingerprint density at radius 3 is 2.79 bits per heavy atom. The zero-order valence-corrected chi connectivity index (χ0v) is 16.9. The van der Waals surface area contributed by atoms with E-state index >= 15 is 0 Å². The molecule has 1 saturated heterocycles. The largest absolute Gasteiger partial charge is 0.353 e. The summed E-state index contributed by atoms with van der Waals surface area (Å²) in [5, 5.41) is 5.05. The predicted octanol–water partition coefficient (Wildman–Crippen LogP) is 2.46. The van der Waals surface area contributed by atoms with E-state index in [1.54, 1.807) is 16.2 Å². The molecule has 28 heavy (non-hydrogen) atoms. The minimum Gasteiger partial charge on any atom is -0.353 e. The molecule has 0 bridgehead atoms. The number of fused-ring (bicyclic) bond motifs is 1. The second kappa shape index (κ2) is 8.88. The molecular weight excluding hydrogens is 370 g/mol. The normalized spacial score (nSPS) is 19.4. The standard InChI is InChI=1S/C22H27N3O2S/c26-21(15-19-7-4-14-28-19)25-11-3-8-20(25)22(27)23-10-13-24-12-9-17-5-1-2-6-18(17)16-24/h1-2,4-7,14,20H,3,8-13,15-16H2,(H,23,27). The minimum atomic E-state index is -0.311. The highest BCUT2D eigenvalue weighted by Crippen LogP contribution is 2.21. The Morgan fingerprint density at radius 1 is 1.11 bits per heavy atom. The summed E-state index contributed by atoms with van der Waals surface area (Å²) >= 11 is 1.59. The smallest absolute Gasteiger partial charge is 0.242 e. The van der Waals surface area contributed by atoms with Gasteiger partial charge in [0.25, 0.3) is 0 Å². The monoisotopic (exact) mass is 397 g/mol. The van der Waals surface area contributed by atoms with Gasteiger partial charge in [0.15, 0.2) is 0 Å². The first-order chi connectivity index (χ1) is 13.7. The van der Waals surface area contributed by atoms with Crippen LogP contribution in [-0.2, 0) is 29.0 Å². The van der Waals surface area contributed by atoms with Crippen molar-refractivity contribution in [2.45, 2.75) is 38.3 Å². The first kappa shape index (κ1) is 19.2. The van der Waals surface area contributed by atoms with Gasteiger partial charge in [-0.05, 0) is 41.8 Å². The Hall–Kier alpha value is -2.18. The van der Waals surface area contributed by atoms with E-state index in [2.05, 4.69) is 34.5 Å². The molecule has 1 atom stereocenters. The van der Waals surface area contributed by atoms with Gasteiger partial charge in [0.2, 0.25) is 11.8 Å². The highest BCUT2D eigenvalue weighted by atomic mass is 32.1. The highest BCUT2D eigenvalue weighted by molar-refractivity contribution is 7.10. The first-order valence-electron chi connectivity index (χ1n) is 10.1. The van der Waals surface area contributed by atoms with Gasteiger partial charge in [-0.15, -0.1) is 11.3 Å². The molecule has 0 spiro atoms. The van der Waals surface area contributed by atoms with Crippen LogP contribution >= 0.6 is 11.3 Å². The van der Waals surface area contributed by atoms with Crippen molar-refractivity contribution in [1.29, 1.82) is 0 Å². The van der Waals surface area contributed by atoms with Gasteiger partial charge in [-0.2, -0.15) is 0 Å². The van der Waals surface area contributed by atoms with E-state index in [9.17, 15) is 9.59 Å². The molecule has 1 aromatic heterocycles. The zero-order chi connectivity index (χ0) is 19.3. The van der Waals surface area contributed by atoms with E-state index in [0.29, 0.717) is 19.5 Å². The number of thiophene rings is 1. The van der Waals surface area contributed by atoms with Gasteiger partial charge in [-0.3, -0.25) is 14.5 Å². The quantitative estimate of drug-likeness (QED) is 0.815. The topological polar surface area (TPSA) is 52.7 Å². The molecule has 2 aliphatic rings. The van der Waals surface area contributed by atoms with Crippen molar-refractivity contribution in [3.05, 3.63) is 57.8 Å². The molecule has 2 aliphatic heterocycles. The van der Waals surface area contributed by atoms with Crippen LogP contribution in [0.25, 0.3) is 0 Å². The van der Waals surface area contributed by atoms with Crippen LogP contribution in [0.2, 0.25) is 0 Å². The Labute approximate surface area is 170 Å². The average molecular weight is 398 g/mol. The summed E-state index contributed by atoms with van der Waals surface area (Å²) < 4.78 is 0. The van der Waals surface area contributed by atoms with E-state index in [1.807, 2.05) is 17.5 Å². The van der Waals surface area contributed by atoms with E-state index in [1.165, 1.54) is 11.1 Å². The molecular formula is C22H27N3O2S. The fourth-order valence-corrected chi connectivity index (χ4v) is 4.90. The summed E-state index contributed by atoms with van der Waals surface area (Å²) in [6.07, 6.45) is 3.13. The molecule has 1 N–H and O–H groups in total. The number of hydrogen-bond donors (Lipinski definition) is 1. The third-order valence-corrected chi connectivity index (χ3v) is 6.59. The summed E-state index contributed by atoms with van der Waals surface area (Å²) in [4.78, 5) is 30.5. The average Bonchev–Trinajstić information content (AvgIpc) is 3.39.